The second kappa shape index (κ2) is 8.10. The Morgan fingerprint density at radius 2 is 2.07 bits per heavy atom. The van der Waals surface area contributed by atoms with Crippen LogP contribution in [0.5, 0.6) is 0 Å². The van der Waals surface area contributed by atoms with Crippen molar-refractivity contribution in [1.82, 2.24) is 9.78 Å². The minimum absolute atomic E-state index is 0.119. The highest BCUT2D eigenvalue weighted by atomic mass is 32.2. The maximum Gasteiger partial charge on any atom is 0.248 e. The lowest BCUT2D eigenvalue weighted by atomic mass is 9.89. The van der Waals surface area contributed by atoms with Crippen molar-refractivity contribution in [3.8, 4) is 5.69 Å². The summed E-state index contributed by atoms with van der Waals surface area (Å²) in [5.41, 5.74) is 8.11. The summed E-state index contributed by atoms with van der Waals surface area (Å²) < 4.78 is 7.57. The molecule has 5 nitrogen and oxygen atoms in total. The number of primary amides is 1. The van der Waals surface area contributed by atoms with Crippen LogP contribution in [-0.4, -0.2) is 27.0 Å². The van der Waals surface area contributed by atoms with E-state index in [9.17, 15) is 4.79 Å². The van der Waals surface area contributed by atoms with Crippen molar-refractivity contribution in [2.24, 2.45) is 11.7 Å². The number of carbonyl (C=O) groups excluding carboxylic acids is 1. The van der Waals surface area contributed by atoms with Crippen LogP contribution in [0.25, 0.3) is 5.69 Å². The van der Waals surface area contributed by atoms with E-state index < -0.39 is 5.91 Å². The average Bonchev–Trinajstić information content (AvgIpc) is 3.15. The number of benzene rings is 1. The molecule has 1 aromatic carbocycles. The number of ether oxygens (including phenoxy) is 1. The van der Waals surface area contributed by atoms with E-state index in [0.717, 1.165) is 24.1 Å². The summed E-state index contributed by atoms with van der Waals surface area (Å²) in [5.74, 6) is -0.145. The van der Waals surface area contributed by atoms with E-state index >= 15 is 0 Å². The fraction of sp³-hybridized carbons (Fsp3) is 0.273. The van der Waals surface area contributed by atoms with Crippen molar-refractivity contribution < 1.29 is 9.53 Å². The maximum absolute atomic E-state index is 11.4. The number of thioether (sulfide) groups is 1. The first kappa shape index (κ1) is 18.6. The molecular weight excluding hydrogens is 370 g/mol. The Labute approximate surface area is 168 Å². The molecule has 28 heavy (non-hydrogen) atoms. The SMILES string of the molecule is Cc1cnn(-c2ccc(SC3C=CC(C4C=C(C(N)=O)C=CO4)CC3)cc2)c1. The molecule has 0 radical (unpaired) electrons. The smallest absolute Gasteiger partial charge is 0.248 e. The van der Waals surface area contributed by atoms with Gasteiger partial charge in [-0.2, -0.15) is 5.10 Å². The largest absolute Gasteiger partial charge is 0.493 e. The van der Waals surface area contributed by atoms with Gasteiger partial charge in [0, 0.05) is 27.8 Å². The van der Waals surface area contributed by atoms with Crippen LogP contribution in [-0.2, 0) is 9.53 Å². The molecule has 4 rings (SSSR count). The third-order valence-electron chi connectivity index (χ3n) is 4.99. The number of aromatic nitrogens is 2. The standard InChI is InChI=1S/C22H23N3O2S/c1-15-13-24-25(14-15)18-4-8-20(9-5-18)28-19-6-2-16(3-7-19)21-12-17(22(23)26)10-11-27-21/h2,4-6,8-14,16,19,21H,3,7H2,1H3,(H2,23,26). The molecule has 0 fully saturated rings. The van der Waals surface area contributed by atoms with Crippen molar-refractivity contribution in [1.29, 1.82) is 0 Å². The molecule has 1 aliphatic heterocycles. The second-order valence-electron chi connectivity index (χ2n) is 7.13. The first-order valence-electron chi connectivity index (χ1n) is 9.39. The van der Waals surface area contributed by atoms with Crippen LogP contribution < -0.4 is 5.73 Å². The predicted molar refractivity (Wildman–Crippen MR) is 111 cm³/mol. The Hall–Kier alpha value is -2.73. The van der Waals surface area contributed by atoms with E-state index in [1.807, 2.05) is 41.8 Å². The van der Waals surface area contributed by atoms with Gasteiger partial charge in [0.15, 0.2) is 0 Å². The van der Waals surface area contributed by atoms with Gasteiger partial charge in [-0.1, -0.05) is 12.2 Å². The molecule has 3 atom stereocenters. The van der Waals surface area contributed by atoms with E-state index in [0.29, 0.717) is 10.8 Å². The van der Waals surface area contributed by atoms with E-state index in [1.54, 1.807) is 12.3 Å². The Kier molecular flexibility index (Phi) is 5.39. The number of nitrogens with zero attached hydrogens (tertiary/aromatic N) is 2. The first-order valence-corrected chi connectivity index (χ1v) is 10.3. The van der Waals surface area contributed by atoms with E-state index in [4.69, 9.17) is 10.5 Å². The van der Waals surface area contributed by atoms with Crippen LogP contribution in [0.1, 0.15) is 18.4 Å². The summed E-state index contributed by atoms with van der Waals surface area (Å²) in [4.78, 5) is 12.6. The molecular formula is C22H23N3O2S. The Morgan fingerprint density at radius 3 is 2.71 bits per heavy atom. The van der Waals surface area contributed by atoms with Crippen molar-refractivity contribution in [2.75, 3.05) is 0 Å². The molecule has 6 heteroatoms. The van der Waals surface area contributed by atoms with Crippen molar-refractivity contribution >= 4 is 17.7 Å². The zero-order chi connectivity index (χ0) is 19.5. The van der Waals surface area contributed by atoms with Gasteiger partial charge in [-0.3, -0.25) is 4.79 Å². The monoisotopic (exact) mass is 393 g/mol. The highest BCUT2D eigenvalue weighted by Gasteiger charge is 2.25. The number of carbonyl (C=O) groups is 1. The van der Waals surface area contributed by atoms with E-state index in [1.165, 1.54) is 4.90 Å². The van der Waals surface area contributed by atoms with Crippen LogP contribution in [0.15, 0.2) is 77.7 Å². The molecule has 2 aromatic rings. The van der Waals surface area contributed by atoms with Gasteiger partial charge in [0.05, 0.1) is 18.1 Å². The molecule has 0 bridgehead atoms. The number of amides is 1. The molecule has 0 saturated heterocycles. The zero-order valence-electron chi connectivity index (χ0n) is 15.7. The molecule has 1 amide bonds. The molecule has 2 N–H and O–H groups in total. The molecule has 0 spiro atoms. The Morgan fingerprint density at radius 1 is 1.25 bits per heavy atom. The first-order chi connectivity index (χ1) is 13.6. The summed E-state index contributed by atoms with van der Waals surface area (Å²) in [6.07, 6.45) is 15.3. The van der Waals surface area contributed by atoms with Crippen LogP contribution in [0.2, 0.25) is 0 Å². The molecule has 2 heterocycles. The fourth-order valence-corrected chi connectivity index (χ4v) is 4.52. The summed E-state index contributed by atoms with van der Waals surface area (Å²) >= 11 is 1.87. The van der Waals surface area contributed by atoms with Crippen LogP contribution in [0.3, 0.4) is 0 Å². The molecule has 1 aliphatic carbocycles. The molecule has 1 aromatic heterocycles. The van der Waals surface area contributed by atoms with Gasteiger partial charge in [0.1, 0.15) is 6.10 Å². The minimum atomic E-state index is -0.411. The molecule has 144 valence electrons. The summed E-state index contributed by atoms with van der Waals surface area (Å²) in [6.45, 7) is 2.04. The van der Waals surface area contributed by atoms with Crippen LogP contribution >= 0.6 is 11.8 Å². The highest BCUT2D eigenvalue weighted by molar-refractivity contribution is 8.00. The van der Waals surface area contributed by atoms with Crippen LogP contribution in [0.4, 0.5) is 0 Å². The molecule has 2 aliphatic rings. The number of aryl methyl sites for hydroxylation is 1. The lowest BCUT2D eigenvalue weighted by Crippen LogP contribution is -2.26. The predicted octanol–water partition coefficient (Wildman–Crippen LogP) is 3.93. The second-order valence-corrected chi connectivity index (χ2v) is 8.44. The van der Waals surface area contributed by atoms with Gasteiger partial charge >= 0.3 is 0 Å². The van der Waals surface area contributed by atoms with Crippen LogP contribution in [0, 0.1) is 12.8 Å². The van der Waals surface area contributed by atoms with Gasteiger partial charge in [0.25, 0.3) is 0 Å². The lowest BCUT2D eigenvalue weighted by molar-refractivity contribution is -0.114. The Balaban J connectivity index is 1.36. The normalized spacial score (nSPS) is 23.9. The third kappa shape index (κ3) is 4.22. The third-order valence-corrected chi connectivity index (χ3v) is 6.23. The number of hydrogen-bond donors (Lipinski definition) is 1. The molecule has 3 unspecified atom stereocenters. The van der Waals surface area contributed by atoms with Gasteiger partial charge in [-0.15, -0.1) is 11.8 Å². The topological polar surface area (TPSA) is 70.1 Å². The summed E-state index contributed by atoms with van der Waals surface area (Å²) in [7, 11) is 0. The zero-order valence-corrected chi connectivity index (χ0v) is 16.5. The summed E-state index contributed by atoms with van der Waals surface area (Å²) in [6, 6.07) is 8.49. The maximum atomic E-state index is 11.4. The number of hydrogen-bond acceptors (Lipinski definition) is 4. The Bertz CT molecular complexity index is 943. The number of rotatable bonds is 5. The van der Waals surface area contributed by atoms with Gasteiger partial charge < -0.3 is 10.5 Å². The van der Waals surface area contributed by atoms with Crippen molar-refractivity contribution in [3.05, 3.63) is 78.4 Å². The van der Waals surface area contributed by atoms with E-state index in [2.05, 4.69) is 41.5 Å². The molecule has 0 saturated carbocycles. The van der Waals surface area contributed by atoms with Crippen molar-refractivity contribution in [2.45, 2.75) is 36.0 Å². The van der Waals surface area contributed by atoms with Gasteiger partial charge in [0.2, 0.25) is 5.91 Å². The van der Waals surface area contributed by atoms with Crippen molar-refractivity contribution in [3.63, 3.8) is 0 Å². The lowest BCUT2D eigenvalue weighted by Gasteiger charge is -2.28. The highest BCUT2D eigenvalue weighted by Crippen LogP contribution is 2.34. The minimum Gasteiger partial charge on any atom is -0.493 e. The fourth-order valence-electron chi connectivity index (χ4n) is 3.46. The number of nitrogens with two attached hydrogens (primary N) is 1. The van der Waals surface area contributed by atoms with Gasteiger partial charge in [-0.05, 0) is 61.7 Å². The summed E-state index contributed by atoms with van der Waals surface area (Å²) in [5, 5.41) is 4.79. The average molecular weight is 394 g/mol. The quantitative estimate of drug-likeness (QED) is 0.782. The van der Waals surface area contributed by atoms with Gasteiger partial charge in [-0.25, -0.2) is 4.68 Å². The van der Waals surface area contributed by atoms with E-state index in [-0.39, 0.29) is 12.0 Å².